The molecule has 3 aromatic carbocycles. The standard InChI is InChI=1S/C36H42O3/c1-22(13-28-7-10-34(37)25(4)16-28)31-19-32(23(2)14-29-8-11-35(38)26(5)17-29)21-33(20-31)24(3)15-30-9-12-36(39)27(6)18-30/h7-12,16-18,37-39H,13-15,19-21H2,1-6H3. The highest BCUT2D eigenvalue weighted by Crippen LogP contribution is 2.39. The Morgan fingerprint density at radius 3 is 0.974 bits per heavy atom. The number of hydrogen-bond donors (Lipinski definition) is 3. The Hall–Kier alpha value is -3.72. The minimum absolute atomic E-state index is 0.345. The number of hydrogen-bond acceptors (Lipinski definition) is 3. The van der Waals surface area contributed by atoms with Crippen LogP contribution in [-0.2, 0) is 19.3 Å². The van der Waals surface area contributed by atoms with Crippen LogP contribution in [0.1, 0.15) is 73.4 Å². The molecule has 3 heteroatoms. The van der Waals surface area contributed by atoms with Crippen LogP contribution >= 0.6 is 0 Å². The molecular formula is C36H42O3. The maximum absolute atomic E-state index is 9.97. The van der Waals surface area contributed by atoms with Crippen molar-refractivity contribution in [2.24, 2.45) is 0 Å². The third-order valence-electron chi connectivity index (χ3n) is 8.28. The molecule has 1 aliphatic rings. The molecule has 0 amide bonds. The van der Waals surface area contributed by atoms with E-state index in [1.165, 1.54) is 50.1 Å². The summed E-state index contributed by atoms with van der Waals surface area (Å²) in [5.74, 6) is 1.03. The van der Waals surface area contributed by atoms with Crippen LogP contribution in [0.5, 0.6) is 17.2 Å². The van der Waals surface area contributed by atoms with Gasteiger partial charge >= 0.3 is 0 Å². The summed E-state index contributed by atoms with van der Waals surface area (Å²) in [5.41, 5.74) is 15.1. The van der Waals surface area contributed by atoms with Crippen molar-refractivity contribution < 1.29 is 15.3 Å². The van der Waals surface area contributed by atoms with E-state index in [4.69, 9.17) is 0 Å². The Balaban J connectivity index is 1.69. The Morgan fingerprint density at radius 2 is 0.744 bits per heavy atom. The van der Waals surface area contributed by atoms with E-state index in [9.17, 15) is 15.3 Å². The first-order valence-electron chi connectivity index (χ1n) is 13.9. The Morgan fingerprint density at radius 1 is 0.487 bits per heavy atom. The van der Waals surface area contributed by atoms with E-state index < -0.39 is 0 Å². The third-order valence-corrected chi connectivity index (χ3v) is 8.28. The van der Waals surface area contributed by atoms with E-state index in [0.717, 1.165) is 55.2 Å². The fourth-order valence-electron chi connectivity index (χ4n) is 5.64. The average Bonchev–Trinajstić information content (AvgIpc) is 2.90. The van der Waals surface area contributed by atoms with E-state index >= 15 is 0 Å². The third kappa shape index (κ3) is 7.03. The molecule has 0 atom stereocenters. The minimum Gasteiger partial charge on any atom is -0.508 e. The molecule has 1 saturated carbocycles. The summed E-state index contributed by atoms with van der Waals surface area (Å²) in [6.45, 7) is 12.6. The van der Waals surface area contributed by atoms with Crippen LogP contribution in [0, 0.1) is 20.8 Å². The van der Waals surface area contributed by atoms with Gasteiger partial charge in [0.2, 0.25) is 0 Å². The molecule has 3 N–H and O–H groups in total. The number of allylic oxidation sites excluding steroid dienone is 6. The molecule has 39 heavy (non-hydrogen) atoms. The lowest BCUT2D eigenvalue weighted by Gasteiger charge is -2.27. The van der Waals surface area contributed by atoms with Gasteiger partial charge in [-0.25, -0.2) is 0 Å². The van der Waals surface area contributed by atoms with E-state index in [1.54, 1.807) is 18.2 Å². The van der Waals surface area contributed by atoms with Crippen LogP contribution in [0.2, 0.25) is 0 Å². The molecule has 0 saturated heterocycles. The lowest BCUT2D eigenvalue weighted by Crippen LogP contribution is -2.09. The van der Waals surface area contributed by atoms with Crippen molar-refractivity contribution >= 4 is 0 Å². The zero-order valence-corrected chi connectivity index (χ0v) is 24.3. The van der Waals surface area contributed by atoms with Gasteiger partial charge in [0.1, 0.15) is 17.2 Å². The van der Waals surface area contributed by atoms with Gasteiger partial charge in [-0.05, 0) is 132 Å². The molecule has 0 heterocycles. The van der Waals surface area contributed by atoms with Crippen LogP contribution in [0.15, 0.2) is 88.0 Å². The summed E-state index contributed by atoms with van der Waals surface area (Å²) in [4.78, 5) is 0. The molecule has 0 radical (unpaired) electrons. The van der Waals surface area contributed by atoms with E-state index in [-0.39, 0.29) is 0 Å². The maximum Gasteiger partial charge on any atom is 0.118 e. The smallest absolute Gasteiger partial charge is 0.118 e. The number of phenols is 3. The molecule has 3 aromatic rings. The molecule has 4 rings (SSSR count). The van der Waals surface area contributed by atoms with Crippen LogP contribution in [-0.4, -0.2) is 15.3 Å². The van der Waals surface area contributed by atoms with E-state index in [0.29, 0.717) is 17.2 Å². The molecule has 1 fully saturated rings. The first kappa shape index (κ1) is 28.3. The van der Waals surface area contributed by atoms with Crippen LogP contribution in [0.3, 0.4) is 0 Å². The molecule has 1 aliphatic carbocycles. The van der Waals surface area contributed by atoms with Gasteiger partial charge in [-0.15, -0.1) is 0 Å². The highest BCUT2D eigenvalue weighted by Gasteiger charge is 2.21. The molecule has 0 spiro atoms. The summed E-state index contributed by atoms with van der Waals surface area (Å²) < 4.78 is 0. The zero-order valence-electron chi connectivity index (χ0n) is 24.3. The lowest BCUT2D eigenvalue weighted by molar-refractivity contribution is 0.470. The van der Waals surface area contributed by atoms with Gasteiger partial charge in [-0.3, -0.25) is 0 Å². The van der Waals surface area contributed by atoms with Crippen LogP contribution in [0.4, 0.5) is 0 Å². The molecule has 0 aliphatic heterocycles. The van der Waals surface area contributed by atoms with E-state index in [1.807, 2.05) is 39.0 Å². The lowest BCUT2D eigenvalue weighted by atomic mass is 9.78. The second kappa shape index (κ2) is 12.0. The topological polar surface area (TPSA) is 60.7 Å². The predicted molar refractivity (Wildman–Crippen MR) is 162 cm³/mol. The average molecular weight is 523 g/mol. The summed E-state index contributed by atoms with van der Waals surface area (Å²) in [6, 6.07) is 17.7. The largest absolute Gasteiger partial charge is 0.508 e. The molecule has 0 bridgehead atoms. The second-order valence-corrected chi connectivity index (χ2v) is 11.6. The summed E-state index contributed by atoms with van der Waals surface area (Å²) in [5, 5.41) is 29.9. The van der Waals surface area contributed by atoms with Crippen LogP contribution in [0.25, 0.3) is 0 Å². The summed E-state index contributed by atoms with van der Waals surface area (Å²) >= 11 is 0. The van der Waals surface area contributed by atoms with Crippen molar-refractivity contribution in [1.29, 1.82) is 0 Å². The first-order valence-corrected chi connectivity index (χ1v) is 13.9. The van der Waals surface area contributed by atoms with Crippen molar-refractivity contribution in [2.45, 2.75) is 80.1 Å². The summed E-state index contributed by atoms with van der Waals surface area (Å²) in [7, 11) is 0. The van der Waals surface area contributed by atoms with Crippen molar-refractivity contribution in [2.75, 3.05) is 0 Å². The molecule has 3 nitrogen and oxygen atoms in total. The summed E-state index contributed by atoms with van der Waals surface area (Å²) in [6.07, 6.45) is 5.60. The molecule has 0 aromatic heterocycles. The predicted octanol–water partition coefficient (Wildman–Crippen LogP) is 8.89. The number of phenolic OH excluding ortho intramolecular Hbond substituents is 3. The van der Waals surface area contributed by atoms with Gasteiger partial charge in [0.05, 0.1) is 0 Å². The molecule has 204 valence electrons. The van der Waals surface area contributed by atoms with Gasteiger partial charge in [-0.1, -0.05) is 69.8 Å². The number of rotatable bonds is 6. The van der Waals surface area contributed by atoms with Crippen LogP contribution < -0.4 is 0 Å². The Bertz CT molecular complexity index is 1290. The molecular weight excluding hydrogens is 480 g/mol. The van der Waals surface area contributed by atoms with Crippen molar-refractivity contribution in [1.82, 2.24) is 0 Å². The number of aromatic hydroxyl groups is 3. The maximum atomic E-state index is 9.97. The fourth-order valence-corrected chi connectivity index (χ4v) is 5.64. The second-order valence-electron chi connectivity index (χ2n) is 11.6. The van der Waals surface area contributed by atoms with Gasteiger partial charge in [0, 0.05) is 0 Å². The fraction of sp³-hybridized carbons (Fsp3) is 0.333. The van der Waals surface area contributed by atoms with Gasteiger partial charge in [0.15, 0.2) is 0 Å². The highest BCUT2D eigenvalue weighted by molar-refractivity contribution is 5.44. The Kier molecular flexibility index (Phi) is 8.70. The normalized spacial score (nSPS) is 13.5. The van der Waals surface area contributed by atoms with Crippen molar-refractivity contribution in [3.05, 3.63) is 121 Å². The first-order chi connectivity index (χ1) is 18.5. The van der Waals surface area contributed by atoms with Crippen molar-refractivity contribution in [3.63, 3.8) is 0 Å². The zero-order chi connectivity index (χ0) is 28.3. The number of aryl methyl sites for hydroxylation is 3. The minimum atomic E-state index is 0.345. The van der Waals surface area contributed by atoms with E-state index in [2.05, 4.69) is 39.0 Å². The number of benzene rings is 3. The van der Waals surface area contributed by atoms with Crippen molar-refractivity contribution in [3.8, 4) is 17.2 Å². The quantitative estimate of drug-likeness (QED) is 0.283. The van der Waals surface area contributed by atoms with Gasteiger partial charge in [-0.2, -0.15) is 0 Å². The van der Waals surface area contributed by atoms with Gasteiger partial charge < -0.3 is 15.3 Å². The monoisotopic (exact) mass is 522 g/mol. The SMILES string of the molecule is CC(Cc1ccc(O)c(C)c1)=C1CC(=C(C)Cc2ccc(O)c(C)c2)CC(=C(C)Cc2ccc(O)c(C)c2)C1. The molecule has 0 unspecified atom stereocenters. The Labute approximate surface area is 233 Å². The van der Waals surface area contributed by atoms with Gasteiger partial charge in [0.25, 0.3) is 0 Å². The highest BCUT2D eigenvalue weighted by atomic mass is 16.3.